The SMILES string of the molecule is NCc1ccc(-c2ccc(F)cc2)nc1-c1nnn(C(F)F)n1. The summed E-state index contributed by atoms with van der Waals surface area (Å²) >= 11 is 0. The Morgan fingerprint density at radius 3 is 2.43 bits per heavy atom. The summed E-state index contributed by atoms with van der Waals surface area (Å²) in [6, 6.07) is 9.14. The number of hydrogen-bond donors (Lipinski definition) is 1. The molecule has 3 rings (SSSR count). The zero-order valence-electron chi connectivity index (χ0n) is 11.7. The van der Waals surface area contributed by atoms with E-state index in [0.29, 0.717) is 16.8 Å². The predicted molar refractivity (Wildman–Crippen MR) is 75.6 cm³/mol. The summed E-state index contributed by atoms with van der Waals surface area (Å²) in [6.07, 6.45) is 0. The van der Waals surface area contributed by atoms with E-state index < -0.39 is 6.55 Å². The van der Waals surface area contributed by atoms with Gasteiger partial charge in [0.25, 0.3) is 0 Å². The number of pyridine rings is 1. The lowest BCUT2D eigenvalue weighted by atomic mass is 10.1. The van der Waals surface area contributed by atoms with Crippen LogP contribution in [0.5, 0.6) is 0 Å². The van der Waals surface area contributed by atoms with Crippen molar-refractivity contribution >= 4 is 0 Å². The van der Waals surface area contributed by atoms with Crippen LogP contribution in [-0.4, -0.2) is 25.2 Å². The van der Waals surface area contributed by atoms with Crippen LogP contribution in [0, 0.1) is 5.82 Å². The first kappa shape index (κ1) is 15.1. The van der Waals surface area contributed by atoms with Gasteiger partial charge in [-0.2, -0.15) is 8.78 Å². The van der Waals surface area contributed by atoms with Crippen molar-refractivity contribution in [1.82, 2.24) is 25.2 Å². The summed E-state index contributed by atoms with van der Waals surface area (Å²) in [6.45, 7) is -2.76. The quantitative estimate of drug-likeness (QED) is 0.798. The largest absolute Gasteiger partial charge is 0.350 e. The van der Waals surface area contributed by atoms with Crippen molar-refractivity contribution in [2.24, 2.45) is 5.73 Å². The molecule has 2 aromatic heterocycles. The minimum Gasteiger partial charge on any atom is -0.326 e. The molecule has 2 heterocycles. The van der Waals surface area contributed by atoms with Crippen molar-refractivity contribution in [1.29, 1.82) is 0 Å². The van der Waals surface area contributed by atoms with Crippen LogP contribution in [-0.2, 0) is 6.54 Å². The van der Waals surface area contributed by atoms with Crippen molar-refractivity contribution in [3.8, 4) is 22.8 Å². The summed E-state index contributed by atoms with van der Waals surface area (Å²) in [7, 11) is 0. The van der Waals surface area contributed by atoms with Gasteiger partial charge in [-0.3, -0.25) is 0 Å². The molecule has 0 aliphatic carbocycles. The maximum atomic E-state index is 13.0. The van der Waals surface area contributed by atoms with Crippen LogP contribution in [0.25, 0.3) is 22.8 Å². The maximum Gasteiger partial charge on any atom is 0.350 e. The Bertz CT molecular complexity index is 816. The van der Waals surface area contributed by atoms with Gasteiger partial charge >= 0.3 is 6.55 Å². The number of hydrogen-bond acceptors (Lipinski definition) is 5. The number of halogens is 3. The van der Waals surface area contributed by atoms with Crippen molar-refractivity contribution in [3.05, 3.63) is 47.8 Å². The van der Waals surface area contributed by atoms with Gasteiger partial charge in [0, 0.05) is 12.1 Å². The van der Waals surface area contributed by atoms with E-state index in [-0.39, 0.29) is 28.7 Å². The number of rotatable bonds is 4. The lowest BCUT2D eigenvalue weighted by Gasteiger charge is -2.07. The minimum atomic E-state index is -2.89. The highest BCUT2D eigenvalue weighted by Crippen LogP contribution is 2.24. The lowest BCUT2D eigenvalue weighted by molar-refractivity contribution is 0.0397. The summed E-state index contributed by atoms with van der Waals surface area (Å²) in [5, 5.41) is 10.5. The molecule has 0 spiro atoms. The van der Waals surface area contributed by atoms with Gasteiger partial charge in [0.05, 0.1) is 5.69 Å². The fourth-order valence-corrected chi connectivity index (χ4v) is 2.03. The highest BCUT2D eigenvalue weighted by atomic mass is 19.3. The molecular formula is C14H11F3N6. The topological polar surface area (TPSA) is 82.5 Å². The molecular weight excluding hydrogens is 309 g/mol. The molecule has 0 fully saturated rings. The molecule has 0 bridgehead atoms. The first-order valence-electron chi connectivity index (χ1n) is 6.62. The van der Waals surface area contributed by atoms with E-state index in [2.05, 4.69) is 20.4 Å². The summed E-state index contributed by atoms with van der Waals surface area (Å²) in [5.41, 5.74) is 7.68. The molecule has 0 aliphatic rings. The van der Waals surface area contributed by atoms with Gasteiger partial charge in [0.2, 0.25) is 5.82 Å². The van der Waals surface area contributed by atoms with Crippen molar-refractivity contribution in [2.45, 2.75) is 13.1 Å². The van der Waals surface area contributed by atoms with Crippen molar-refractivity contribution in [3.63, 3.8) is 0 Å². The first-order chi connectivity index (χ1) is 11.1. The molecule has 0 saturated carbocycles. The highest BCUT2D eigenvalue weighted by Gasteiger charge is 2.17. The normalized spacial score (nSPS) is 11.2. The molecule has 23 heavy (non-hydrogen) atoms. The number of nitrogens with two attached hydrogens (primary N) is 1. The third-order valence-electron chi connectivity index (χ3n) is 3.15. The number of nitrogens with zero attached hydrogens (tertiary/aromatic N) is 5. The number of benzene rings is 1. The smallest absolute Gasteiger partial charge is 0.326 e. The molecule has 9 heteroatoms. The van der Waals surface area contributed by atoms with Gasteiger partial charge in [-0.1, -0.05) is 10.9 Å². The number of alkyl halides is 2. The van der Waals surface area contributed by atoms with E-state index in [0.717, 1.165) is 0 Å². The average molecular weight is 320 g/mol. The summed E-state index contributed by atoms with van der Waals surface area (Å²) in [4.78, 5) is 4.56. The van der Waals surface area contributed by atoms with E-state index in [1.54, 1.807) is 24.3 Å². The molecule has 0 saturated heterocycles. The van der Waals surface area contributed by atoms with Crippen LogP contribution in [0.15, 0.2) is 36.4 Å². The molecule has 0 amide bonds. The monoisotopic (exact) mass is 320 g/mol. The fourth-order valence-electron chi connectivity index (χ4n) is 2.03. The molecule has 118 valence electrons. The minimum absolute atomic E-state index is 0.0466. The summed E-state index contributed by atoms with van der Waals surface area (Å²) < 4.78 is 38.2. The van der Waals surface area contributed by atoms with E-state index in [4.69, 9.17) is 5.73 Å². The van der Waals surface area contributed by atoms with Gasteiger partial charge in [-0.05, 0) is 41.1 Å². The molecule has 6 nitrogen and oxygen atoms in total. The van der Waals surface area contributed by atoms with E-state index in [1.165, 1.54) is 12.1 Å². The zero-order valence-corrected chi connectivity index (χ0v) is 11.7. The van der Waals surface area contributed by atoms with Crippen LogP contribution >= 0.6 is 0 Å². The highest BCUT2D eigenvalue weighted by molar-refractivity contribution is 5.65. The average Bonchev–Trinajstić information content (AvgIpc) is 3.05. The Morgan fingerprint density at radius 2 is 1.83 bits per heavy atom. The Hall–Kier alpha value is -2.81. The third kappa shape index (κ3) is 3.04. The lowest BCUT2D eigenvalue weighted by Crippen LogP contribution is -2.04. The standard InChI is InChI=1S/C14H11F3N6/c15-10-4-1-8(2-5-10)11-6-3-9(7-18)12(19-11)13-20-22-23(21-13)14(16)17/h1-6,14H,7,18H2. The molecule has 3 aromatic rings. The second-order valence-corrected chi connectivity index (χ2v) is 4.63. The van der Waals surface area contributed by atoms with Crippen LogP contribution < -0.4 is 5.73 Å². The molecule has 0 atom stereocenters. The van der Waals surface area contributed by atoms with Gasteiger partial charge in [0.15, 0.2) is 0 Å². The van der Waals surface area contributed by atoms with Crippen LogP contribution in [0.2, 0.25) is 0 Å². The Labute approximate surface area is 128 Å². The molecule has 0 unspecified atom stereocenters. The maximum absolute atomic E-state index is 13.0. The van der Waals surface area contributed by atoms with E-state index >= 15 is 0 Å². The molecule has 2 N–H and O–H groups in total. The first-order valence-corrected chi connectivity index (χ1v) is 6.62. The zero-order chi connectivity index (χ0) is 16.4. The van der Waals surface area contributed by atoms with Crippen LogP contribution in [0.3, 0.4) is 0 Å². The number of aromatic nitrogens is 5. The molecule has 1 aromatic carbocycles. The van der Waals surface area contributed by atoms with Gasteiger partial charge in [0.1, 0.15) is 11.5 Å². The van der Waals surface area contributed by atoms with E-state index in [1.807, 2.05) is 0 Å². The predicted octanol–water partition coefficient (Wildman–Crippen LogP) is 2.40. The Balaban J connectivity index is 2.07. The molecule has 0 aliphatic heterocycles. The fraction of sp³-hybridized carbons (Fsp3) is 0.143. The Kier molecular flexibility index (Phi) is 4.02. The van der Waals surface area contributed by atoms with E-state index in [9.17, 15) is 13.2 Å². The third-order valence-corrected chi connectivity index (χ3v) is 3.15. The van der Waals surface area contributed by atoms with Crippen LogP contribution in [0.4, 0.5) is 13.2 Å². The second-order valence-electron chi connectivity index (χ2n) is 4.63. The van der Waals surface area contributed by atoms with Crippen LogP contribution in [0.1, 0.15) is 12.1 Å². The Morgan fingerprint density at radius 1 is 1.09 bits per heavy atom. The van der Waals surface area contributed by atoms with Gasteiger partial charge in [-0.15, -0.1) is 10.2 Å². The van der Waals surface area contributed by atoms with Gasteiger partial charge < -0.3 is 5.73 Å². The van der Waals surface area contributed by atoms with Crippen molar-refractivity contribution in [2.75, 3.05) is 0 Å². The molecule has 0 radical (unpaired) electrons. The van der Waals surface area contributed by atoms with Gasteiger partial charge in [-0.25, -0.2) is 9.37 Å². The second kappa shape index (κ2) is 6.13. The number of tetrazole rings is 1. The van der Waals surface area contributed by atoms with Crippen molar-refractivity contribution < 1.29 is 13.2 Å². The summed E-state index contributed by atoms with van der Waals surface area (Å²) in [5.74, 6) is -0.413.